The third-order valence-electron chi connectivity index (χ3n) is 6.35. The molecule has 1 aromatic carbocycles. The smallest absolute Gasteiger partial charge is 0.148 e. The number of ether oxygens (including phenoxy) is 2. The molecule has 38 heavy (non-hydrogen) atoms. The van der Waals surface area contributed by atoms with Gasteiger partial charge in [0.05, 0.1) is 42.3 Å². The van der Waals surface area contributed by atoms with Crippen LogP contribution in [0.5, 0.6) is 0 Å². The van der Waals surface area contributed by atoms with E-state index in [1.54, 1.807) is 18.3 Å². The van der Waals surface area contributed by atoms with E-state index in [1.165, 1.54) is 12.4 Å². The van der Waals surface area contributed by atoms with E-state index in [1.807, 2.05) is 19.1 Å². The molecule has 0 aliphatic carbocycles. The van der Waals surface area contributed by atoms with E-state index in [-0.39, 0.29) is 17.8 Å². The first-order chi connectivity index (χ1) is 18.5. The Hall–Kier alpha value is -3.31. The topological polar surface area (TPSA) is 115 Å². The molecule has 0 radical (unpaired) electrons. The summed E-state index contributed by atoms with van der Waals surface area (Å²) in [4.78, 5) is 13.1. The highest BCUT2D eigenvalue weighted by atomic mass is 35.5. The zero-order valence-corrected chi connectivity index (χ0v) is 22.1. The first kappa shape index (κ1) is 26.3. The van der Waals surface area contributed by atoms with Crippen molar-refractivity contribution in [2.45, 2.75) is 32.4 Å². The molecule has 0 amide bonds. The van der Waals surface area contributed by atoms with Crippen LogP contribution < -0.4 is 21.3 Å². The van der Waals surface area contributed by atoms with Crippen molar-refractivity contribution in [3.63, 3.8) is 0 Å². The van der Waals surface area contributed by atoms with Gasteiger partial charge in [0.1, 0.15) is 29.6 Å². The number of halogens is 2. The highest BCUT2D eigenvalue weighted by Crippen LogP contribution is 2.35. The van der Waals surface area contributed by atoms with E-state index >= 15 is 4.39 Å². The van der Waals surface area contributed by atoms with Gasteiger partial charge in [0, 0.05) is 43.0 Å². The van der Waals surface area contributed by atoms with Gasteiger partial charge in [0.25, 0.3) is 0 Å². The van der Waals surface area contributed by atoms with E-state index in [9.17, 15) is 0 Å². The Bertz CT molecular complexity index is 1290. The molecule has 0 bridgehead atoms. The summed E-state index contributed by atoms with van der Waals surface area (Å²) >= 11 is 6.50. The van der Waals surface area contributed by atoms with Crippen molar-refractivity contribution >= 4 is 46.5 Å². The van der Waals surface area contributed by atoms with Gasteiger partial charge in [-0.05, 0) is 31.0 Å². The Labute approximate surface area is 226 Å². The first-order valence-electron chi connectivity index (χ1n) is 12.7. The minimum Gasteiger partial charge on any atom is -0.376 e. The van der Waals surface area contributed by atoms with Crippen LogP contribution in [-0.2, 0) is 9.47 Å². The van der Waals surface area contributed by atoms with Crippen LogP contribution in [0.15, 0.2) is 42.4 Å². The molecule has 4 heterocycles. The summed E-state index contributed by atoms with van der Waals surface area (Å²) in [6.07, 6.45) is 6.08. The fourth-order valence-electron chi connectivity index (χ4n) is 3.99. The highest BCUT2D eigenvalue weighted by molar-refractivity contribution is 6.33. The standard InChI is InChI=1S/C27H31ClFN7O2/c1-3-16(2)6-18-11-31-25(9-22(18)35-27-20(28)7-17(8-21(27)29)23-13-30-23)36-26-10-24(33-15-34-26)32-12-19-14-37-4-5-38-19/h6-11,15,19,23,30H,3-5,12-14H2,1-2H3,(H3,31,32,33,34,35,36). The number of aromatic nitrogens is 3. The van der Waals surface area contributed by atoms with E-state index in [2.05, 4.69) is 43.1 Å². The van der Waals surface area contributed by atoms with E-state index in [0.29, 0.717) is 54.5 Å². The minimum atomic E-state index is -0.409. The molecule has 9 nitrogen and oxygen atoms in total. The molecule has 2 aliphatic rings. The quantitative estimate of drug-likeness (QED) is 0.250. The third-order valence-corrected chi connectivity index (χ3v) is 6.65. The van der Waals surface area contributed by atoms with Crippen LogP contribution in [0.25, 0.3) is 6.08 Å². The fourth-order valence-corrected chi connectivity index (χ4v) is 4.26. The van der Waals surface area contributed by atoms with Gasteiger partial charge in [-0.2, -0.15) is 0 Å². The SMILES string of the molecule is CCC(C)=Cc1cnc(Nc2cc(NCC3COCCO3)ncn2)cc1Nc1c(F)cc(C2CN2)cc1Cl. The maximum absolute atomic E-state index is 15.1. The molecular weight excluding hydrogens is 509 g/mol. The lowest BCUT2D eigenvalue weighted by Gasteiger charge is -2.23. The van der Waals surface area contributed by atoms with Crippen molar-refractivity contribution in [1.29, 1.82) is 0 Å². The molecule has 2 fully saturated rings. The fraction of sp³-hybridized carbons (Fsp3) is 0.370. The van der Waals surface area contributed by atoms with Crippen molar-refractivity contribution in [3.05, 3.63) is 64.3 Å². The number of hydrogen-bond acceptors (Lipinski definition) is 9. The number of nitrogens with zero attached hydrogens (tertiary/aromatic N) is 3. The maximum atomic E-state index is 15.1. The van der Waals surface area contributed by atoms with Crippen LogP contribution in [0.1, 0.15) is 37.4 Å². The maximum Gasteiger partial charge on any atom is 0.148 e. The van der Waals surface area contributed by atoms with Gasteiger partial charge in [0.2, 0.25) is 0 Å². The Balaban J connectivity index is 1.36. The van der Waals surface area contributed by atoms with Crippen LogP contribution in [0.3, 0.4) is 0 Å². The average molecular weight is 540 g/mol. The minimum absolute atomic E-state index is 0.0283. The van der Waals surface area contributed by atoms with Gasteiger partial charge in [-0.3, -0.25) is 0 Å². The Morgan fingerprint density at radius 3 is 2.68 bits per heavy atom. The van der Waals surface area contributed by atoms with Gasteiger partial charge < -0.3 is 30.7 Å². The zero-order valence-electron chi connectivity index (χ0n) is 21.4. The van der Waals surface area contributed by atoms with Crippen LogP contribution in [-0.4, -0.2) is 54.0 Å². The lowest BCUT2D eigenvalue weighted by molar-refractivity contribution is -0.0819. The molecule has 200 valence electrons. The predicted molar refractivity (Wildman–Crippen MR) is 148 cm³/mol. The molecular formula is C27H31ClFN7O2. The first-order valence-corrected chi connectivity index (χ1v) is 13.0. The van der Waals surface area contributed by atoms with Crippen LogP contribution in [0.4, 0.5) is 33.2 Å². The zero-order chi connectivity index (χ0) is 26.5. The molecule has 0 saturated carbocycles. The van der Waals surface area contributed by atoms with E-state index in [4.69, 9.17) is 21.1 Å². The molecule has 2 aromatic heterocycles. The molecule has 4 N–H and O–H groups in total. The van der Waals surface area contributed by atoms with Crippen molar-refractivity contribution < 1.29 is 13.9 Å². The summed E-state index contributed by atoms with van der Waals surface area (Å²) in [7, 11) is 0. The predicted octanol–water partition coefficient (Wildman–Crippen LogP) is 5.44. The lowest BCUT2D eigenvalue weighted by Crippen LogP contribution is -2.34. The second-order valence-corrected chi connectivity index (χ2v) is 9.72. The van der Waals surface area contributed by atoms with Gasteiger partial charge in [-0.25, -0.2) is 19.3 Å². The van der Waals surface area contributed by atoms with Gasteiger partial charge in [-0.15, -0.1) is 0 Å². The van der Waals surface area contributed by atoms with Crippen molar-refractivity contribution in [1.82, 2.24) is 20.3 Å². The molecule has 11 heteroatoms. The van der Waals surface area contributed by atoms with Crippen molar-refractivity contribution in [3.8, 4) is 0 Å². The molecule has 3 aromatic rings. The number of anilines is 5. The Morgan fingerprint density at radius 1 is 1.13 bits per heavy atom. The van der Waals surface area contributed by atoms with Crippen molar-refractivity contribution in [2.24, 2.45) is 0 Å². The van der Waals surface area contributed by atoms with Crippen molar-refractivity contribution in [2.75, 3.05) is 48.9 Å². The summed E-state index contributed by atoms with van der Waals surface area (Å²) in [5, 5.41) is 13.2. The van der Waals surface area contributed by atoms with E-state index in [0.717, 1.165) is 29.7 Å². The molecule has 0 spiro atoms. The Kier molecular flexibility index (Phi) is 8.33. The highest BCUT2D eigenvalue weighted by Gasteiger charge is 2.25. The Morgan fingerprint density at radius 2 is 1.95 bits per heavy atom. The van der Waals surface area contributed by atoms with Gasteiger partial charge >= 0.3 is 0 Å². The number of hydrogen-bond donors (Lipinski definition) is 4. The summed E-state index contributed by atoms with van der Waals surface area (Å²) < 4.78 is 26.2. The number of rotatable bonds is 10. The largest absolute Gasteiger partial charge is 0.376 e. The summed E-state index contributed by atoms with van der Waals surface area (Å²) in [5.74, 6) is 1.32. The average Bonchev–Trinajstić information content (AvgIpc) is 3.77. The number of pyridine rings is 1. The monoisotopic (exact) mass is 539 g/mol. The van der Waals surface area contributed by atoms with Gasteiger partial charge in [0.15, 0.2) is 0 Å². The molecule has 2 unspecified atom stereocenters. The second kappa shape index (κ2) is 12.0. The normalized spacial score (nSPS) is 19.2. The molecule has 2 saturated heterocycles. The van der Waals surface area contributed by atoms with Crippen LogP contribution in [0, 0.1) is 5.82 Å². The van der Waals surface area contributed by atoms with E-state index < -0.39 is 5.82 Å². The molecule has 2 aliphatic heterocycles. The summed E-state index contributed by atoms with van der Waals surface area (Å²) in [5.41, 5.74) is 3.71. The summed E-state index contributed by atoms with van der Waals surface area (Å²) in [6, 6.07) is 7.07. The molecule has 2 atom stereocenters. The second-order valence-electron chi connectivity index (χ2n) is 9.31. The summed E-state index contributed by atoms with van der Waals surface area (Å²) in [6.45, 7) is 7.28. The third kappa shape index (κ3) is 6.76. The number of allylic oxidation sites excluding steroid dienone is 1. The number of benzene rings is 1. The molecule has 5 rings (SSSR count). The van der Waals surface area contributed by atoms with Gasteiger partial charge in [-0.1, -0.05) is 30.2 Å². The van der Waals surface area contributed by atoms with Crippen LogP contribution >= 0.6 is 11.6 Å². The van der Waals surface area contributed by atoms with Crippen LogP contribution in [0.2, 0.25) is 5.02 Å². The number of nitrogens with one attached hydrogen (secondary N) is 4. The lowest BCUT2D eigenvalue weighted by atomic mass is 10.1.